The second-order valence-corrected chi connectivity index (χ2v) is 6.19. The van der Waals surface area contributed by atoms with E-state index in [1.54, 1.807) is 0 Å². The molecule has 0 bridgehead atoms. The van der Waals surface area contributed by atoms with E-state index < -0.39 is 37.0 Å². The first-order valence-corrected chi connectivity index (χ1v) is 7.03. The topological polar surface area (TPSA) is 138 Å². The predicted molar refractivity (Wildman–Crippen MR) is 58.4 cm³/mol. The molecule has 0 amide bonds. The van der Waals surface area contributed by atoms with Crippen LogP contribution in [0.5, 0.6) is 0 Å². The Balaban J connectivity index is 2.70. The van der Waals surface area contributed by atoms with Crippen molar-refractivity contribution in [3.8, 4) is 0 Å². The average molecular weight is 265 g/mol. The van der Waals surface area contributed by atoms with Crippen molar-refractivity contribution in [1.82, 2.24) is 0 Å². The van der Waals surface area contributed by atoms with Crippen molar-refractivity contribution in [1.29, 1.82) is 0 Å². The number of carboxylic acids is 1. The standard InChI is InChI=1S/C9H16NO6P/c10-9(8(12)13)3-1-2-6(4-9)7(11)5-17(14,15)16/h6H,1-5,10H2,(H,12,13)(H2,14,15,16)/t6-,9-/m0/s1. The van der Waals surface area contributed by atoms with Crippen LogP contribution in [0.2, 0.25) is 0 Å². The first kappa shape index (κ1) is 14.3. The molecule has 1 aliphatic rings. The number of rotatable bonds is 4. The summed E-state index contributed by atoms with van der Waals surface area (Å²) in [7, 11) is -4.39. The van der Waals surface area contributed by atoms with Crippen LogP contribution in [0.15, 0.2) is 0 Å². The lowest BCUT2D eigenvalue weighted by Gasteiger charge is -2.33. The number of Topliss-reactive ketones (excluding diaryl/α,β-unsaturated/α-hetero) is 1. The van der Waals surface area contributed by atoms with Crippen molar-refractivity contribution in [2.75, 3.05) is 6.16 Å². The smallest absolute Gasteiger partial charge is 0.332 e. The summed E-state index contributed by atoms with van der Waals surface area (Å²) >= 11 is 0. The van der Waals surface area contributed by atoms with Crippen LogP contribution in [0, 0.1) is 5.92 Å². The highest BCUT2D eigenvalue weighted by Gasteiger charge is 2.42. The largest absolute Gasteiger partial charge is 0.480 e. The molecule has 0 unspecified atom stereocenters. The van der Waals surface area contributed by atoms with Crippen LogP contribution in [0.3, 0.4) is 0 Å². The number of aliphatic carboxylic acids is 1. The van der Waals surface area contributed by atoms with Gasteiger partial charge >= 0.3 is 13.6 Å². The molecule has 17 heavy (non-hydrogen) atoms. The second-order valence-electron chi connectivity index (χ2n) is 4.54. The van der Waals surface area contributed by atoms with Gasteiger partial charge in [0.05, 0.1) is 0 Å². The monoisotopic (exact) mass is 265 g/mol. The number of nitrogens with two attached hydrogens (primary N) is 1. The van der Waals surface area contributed by atoms with Gasteiger partial charge in [-0.15, -0.1) is 0 Å². The van der Waals surface area contributed by atoms with Gasteiger partial charge in [-0.2, -0.15) is 0 Å². The van der Waals surface area contributed by atoms with E-state index in [1.165, 1.54) is 0 Å². The zero-order chi connectivity index (χ0) is 13.3. The molecule has 7 nitrogen and oxygen atoms in total. The van der Waals surface area contributed by atoms with Crippen molar-refractivity contribution in [2.24, 2.45) is 11.7 Å². The third-order valence-corrected chi connectivity index (χ3v) is 3.75. The fourth-order valence-corrected chi connectivity index (χ4v) is 2.77. The minimum atomic E-state index is -4.39. The number of carbonyl (C=O) groups is 2. The summed E-state index contributed by atoms with van der Waals surface area (Å²) in [5, 5.41) is 8.94. The van der Waals surface area contributed by atoms with Gasteiger partial charge in [0.1, 0.15) is 17.5 Å². The Morgan fingerprint density at radius 2 is 2.00 bits per heavy atom. The molecule has 0 aromatic rings. The minimum Gasteiger partial charge on any atom is -0.480 e. The average Bonchev–Trinajstić information content (AvgIpc) is 2.15. The van der Waals surface area contributed by atoms with Gasteiger partial charge in [0, 0.05) is 5.92 Å². The van der Waals surface area contributed by atoms with E-state index >= 15 is 0 Å². The zero-order valence-electron chi connectivity index (χ0n) is 9.20. The molecular formula is C9H16NO6P. The van der Waals surface area contributed by atoms with Crippen LogP contribution in [0.1, 0.15) is 25.7 Å². The molecule has 0 radical (unpaired) electrons. The maximum Gasteiger partial charge on any atom is 0.332 e. The van der Waals surface area contributed by atoms with E-state index in [0.717, 1.165) is 0 Å². The van der Waals surface area contributed by atoms with Gasteiger partial charge in [-0.25, -0.2) is 0 Å². The maximum absolute atomic E-state index is 11.6. The van der Waals surface area contributed by atoms with Crippen molar-refractivity contribution in [3.05, 3.63) is 0 Å². The van der Waals surface area contributed by atoms with Crippen LogP contribution in [-0.2, 0) is 14.2 Å². The molecule has 0 aromatic heterocycles. The molecule has 1 aliphatic carbocycles. The molecule has 98 valence electrons. The minimum absolute atomic E-state index is 0.0544. The van der Waals surface area contributed by atoms with E-state index in [1.807, 2.05) is 0 Å². The molecule has 0 aliphatic heterocycles. The Morgan fingerprint density at radius 3 is 2.47 bits per heavy atom. The summed E-state index contributed by atoms with van der Waals surface area (Å²) in [4.78, 5) is 39.9. The Kier molecular flexibility index (Phi) is 4.09. The van der Waals surface area contributed by atoms with Crippen LogP contribution in [-0.4, -0.2) is 38.3 Å². The highest BCUT2D eigenvalue weighted by molar-refractivity contribution is 7.52. The van der Waals surface area contributed by atoms with Crippen molar-refractivity contribution in [2.45, 2.75) is 31.2 Å². The van der Waals surface area contributed by atoms with Crippen molar-refractivity contribution in [3.63, 3.8) is 0 Å². The maximum atomic E-state index is 11.6. The molecule has 0 aromatic carbocycles. The van der Waals surface area contributed by atoms with Gasteiger partial charge < -0.3 is 20.6 Å². The van der Waals surface area contributed by atoms with Crippen LogP contribution in [0.25, 0.3) is 0 Å². The number of carbonyl (C=O) groups excluding carboxylic acids is 1. The van der Waals surface area contributed by atoms with E-state index in [2.05, 4.69) is 0 Å². The van der Waals surface area contributed by atoms with Gasteiger partial charge in [-0.05, 0) is 19.3 Å². The molecule has 0 heterocycles. The first-order valence-electron chi connectivity index (χ1n) is 5.24. The summed E-state index contributed by atoms with van der Waals surface area (Å²) in [6, 6.07) is 0. The second kappa shape index (κ2) is 4.86. The lowest BCUT2D eigenvalue weighted by Crippen LogP contribution is -2.52. The summed E-state index contributed by atoms with van der Waals surface area (Å²) in [5.74, 6) is -2.45. The van der Waals surface area contributed by atoms with Crippen molar-refractivity contribution < 1.29 is 29.0 Å². The highest BCUT2D eigenvalue weighted by atomic mass is 31.2. The molecule has 1 rings (SSSR count). The number of carboxylic acid groups (broad SMARTS) is 1. The SMILES string of the molecule is N[C@@]1(C(=O)O)CCC[C@H](C(=O)CP(=O)(O)O)C1. The summed E-state index contributed by atoms with van der Waals surface area (Å²) in [5.41, 5.74) is 4.20. The normalized spacial score (nSPS) is 29.9. The van der Waals surface area contributed by atoms with Gasteiger partial charge in [0.15, 0.2) is 0 Å². The molecular weight excluding hydrogens is 249 g/mol. The zero-order valence-corrected chi connectivity index (χ0v) is 10.1. The van der Waals surface area contributed by atoms with Gasteiger partial charge in [0.2, 0.25) is 0 Å². The summed E-state index contributed by atoms with van der Waals surface area (Å²) < 4.78 is 10.7. The van der Waals surface area contributed by atoms with Crippen LogP contribution >= 0.6 is 7.60 Å². The number of hydrogen-bond donors (Lipinski definition) is 4. The lowest BCUT2D eigenvalue weighted by molar-refractivity contribution is -0.145. The van der Waals surface area contributed by atoms with Gasteiger partial charge in [-0.1, -0.05) is 6.42 Å². The number of hydrogen-bond acceptors (Lipinski definition) is 4. The highest BCUT2D eigenvalue weighted by Crippen LogP contribution is 2.38. The van der Waals surface area contributed by atoms with E-state index in [0.29, 0.717) is 12.8 Å². The Hall–Kier alpha value is -0.750. The first-order chi connectivity index (χ1) is 7.64. The number of ketones is 1. The quantitative estimate of drug-likeness (QED) is 0.512. The van der Waals surface area contributed by atoms with Crippen molar-refractivity contribution >= 4 is 19.3 Å². The molecule has 8 heteroatoms. The fourth-order valence-electron chi connectivity index (χ4n) is 2.11. The van der Waals surface area contributed by atoms with Crippen LogP contribution in [0.4, 0.5) is 0 Å². The molecule has 0 spiro atoms. The van der Waals surface area contributed by atoms with Crippen LogP contribution < -0.4 is 5.73 Å². The Morgan fingerprint density at radius 1 is 1.41 bits per heavy atom. The lowest BCUT2D eigenvalue weighted by atomic mass is 9.75. The third kappa shape index (κ3) is 3.89. The Labute approximate surface area is 98.2 Å². The molecule has 2 atom stereocenters. The molecule has 5 N–H and O–H groups in total. The molecule has 0 saturated heterocycles. The summed E-state index contributed by atoms with van der Waals surface area (Å²) in [6.07, 6.45) is 0.294. The molecule has 1 fully saturated rings. The van der Waals surface area contributed by atoms with E-state index in [-0.39, 0.29) is 12.8 Å². The van der Waals surface area contributed by atoms with Gasteiger partial charge in [-0.3, -0.25) is 14.2 Å². The van der Waals surface area contributed by atoms with Gasteiger partial charge in [0.25, 0.3) is 0 Å². The third-order valence-electron chi connectivity index (χ3n) is 3.03. The predicted octanol–water partition coefficient (Wildman–Crippen LogP) is -0.295. The van der Waals surface area contributed by atoms with E-state index in [4.69, 9.17) is 20.6 Å². The van der Waals surface area contributed by atoms with E-state index in [9.17, 15) is 14.2 Å². The Bertz CT molecular complexity index is 378. The molecule has 1 saturated carbocycles. The fraction of sp³-hybridized carbons (Fsp3) is 0.778. The summed E-state index contributed by atoms with van der Waals surface area (Å²) in [6.45, 7) is 0.